The lowest BCUT2D eigenvalue weighted by Crippen LogP contribution is -2.15. The topological polar surface area (TPSA) is 66.0 Å². The predicted octanol–water partition coefficient (Wildman–Crippen LogP) is 7.35. The van der Waals surface area contributed by atoms with Crippen molar-refractivity contribution in [2.24, 2.45) is 5.92 Å². The molecule has 176 valence electrons. The molecule has 5 rings (SSSR count). The Labute approximate surface area is 205 Å². The summed E-state index contributed by atoms with van der Waals surface area (Å²) in [5, 5.41) is 16.1. The minimum atomic E-state index is -1.03. The maximum absolute atomic E-state index is 14.9. The monoisotopic (exact) mass is 490 g/mol. The van der Waals surface area contributed by atoms with Crippen molar-refractivity contribution in [3.63, 3.8) is 0 Å². The molecule has 3 aromatic carbocycles. The van der Waals surface area contributed by atoms with Crippen molar-refractivity contribution >= 4 is 45.7 Å². The molecule has 4 nitrogen and oxygen atoms in total. The number of allylic oxidation sites excluding steroid dienone is 1. The fourth-order valence-electron chi connectivity index (χ4n) is 4.59. The zero-order valence-corrected chi connectivity index (χ0v) is 19.3. The fraction of sp³-hybridized carbons (Fsp3) is 0.143. The average Bonchev–Trinajstić information content (AvgIpc) is 3.18. The van der Waals surface area contributed by atoms with Crippen LogP contribution in [0.3, 0.4) is 0 Å². The highest BCUT2D eigenvalue weighted by Gasteiger charge is 2.29. The fourth-order valence-corrected chi connectivity index (χ4v) is 4.86. The molecule has 4 aromatic rings. The number of H-pyrrole nitrogens is 1. The third-order valence-corrected chi connectivity index (χ3v) is 6.75. The molecule has 0 atom stereocenters. The lowest BCUT2D eigenvalue weighted by Gasteiger charge is -2.32. The molecule has 0 bridgehead atoms. The van der Waals surface area contributed by atoms with E-state index in [9.17, 15) is 13.6 Å². The molecule has 1 aliphatic carbocycles. The van der Waals surface area contributed by atoms with E-state index < -0.39 is 17.7 Å². The number of hydrogen-bond donors (Lipinski definition) is 2. The number of carbonyl (C=O) groups is 1. The normalized spacial score (nSPS) is 14.8. The van der Waals surface area contributed by atoms with Crippen molar-refractivity contribution in [3.8, 4) is 0 Å². The number of halogens is 3. The van der Waals surface area contributed by atoms with Gasteiger partial charge in [-0.3, -0.25) is 5.10 Å². The van der Waals surface area contributed by atoms with Gasteiger partial charge in [0.1, 0.15) is 5.82 Å². The summed E-state index contributed by atoms with van der Waals surface area (Å²) in [6.07, 6.45) is 5.52. The van der Waals surface area contributed by atoms with Crippen LogP contribution in [-0.4, -0.2) is 21.3 Å². The van der Waals surface area contributed by atoms with Crippen LogP contribution in [-0.2, 0) is 4.79 Å². The van der Waals surface area contributed by atoms with Gasteiger partial charge in [-0.15, -0.1) is 5.10 Å². The molecule has 1 heterocycles. The lowest BCUT2D eigenvalue weighted by atomic mass is 9.72. The Morgan fingerprint density at radius 3 is 2.49 bits per heavy atom. The standard InChI is InChI=1S/C28H21ClF2N2O2/c29-22-15-19(30)12-13-20(22)25(17-3-1-4-17)26(18-10-7-16(8-11-18)9-14-24(34)35)21-5-2-6-23-27(21)28(31)33-32-23/h2,5-15,17H,1,3-4H2,(H,32,33)(H,34,35)/b14-9+,26-25+. The van der Waals surface area contributed by atoms with E-state index in [0.29, 0.717) is 32.6 Å². The van der Waals surface area contributed by atoms with Crippen LogP contribution in [0.1, 0.15) is 41.5 Å². The second-order valence-electron chi connectivity index (χ2n) is 8.58. The molecule has 1 aliphatic rings. The van der Waals surface area contributed by atoms with Crippen LogP contribution in [0.2, 0.25) is 5.02 Å². The van der Waals surface area contributed by atoms with Crippen LogP contribution in [0.4, 0.5) is 8.78 Å². The lowest BCUT2D eigenvalue weighted by molar-refractivity contribution is -0.131. The van der Waals surface area contributed by atoms with E-state index >= 15 is 0 Å². The van der Waals surface area contributed by atoms with Gasteiger partial charge < -0.3 is 5.11 Å². The van der Waals surface area contributed by atoms with E-state index in [-0.39, 0.29) is 5.92 Å². The van der Waals surface area contributed by atoms with Gasteiger partial charge >= 0.3 is 5.97 Å². The van der Waals surface area contributed by atoms with E-state index in [1.54, 1.807) is 12.1 Å². The van der Waals surface area contributed by atoms with Gasteiger partial charge in [-0.05, 0) is 76.4 Å². The Bertz CT molecular complexity index is 1480. The molecule has 0 unspecified atom stereocenters. The molecule has 7 heteroatoms. The van der Waals surface area contributed by atoms with E-state index in [0.717, 1.165) is 42.0 Å². The van der Waals surface area contributed by atoms with Crippen molar-refractivity contribution in [3.05, 3.63) is 106 Å². The van der Waals surface area contributed by atoms with Crippen molar-refractivity contribution in [2.75, 3.05) is 0 Å². The van der Waals surface area contributed by atoms with Gasteiger partial charge in [-0.25, -0.2) is 9.18 Å². The minimum Gasteiger partial charge on any atom is -0.478 e. The number of carboxylic acid groups (broad SMARTS) is 1. The van der Waals surface area contributed by atoms with Crippen LogP contribution in [0.5, 0.6) is 0 Å². The molecule has 35 heavy (non-hydrogen) atoms. The first-order chi connectivity index (χ1) is 16.9. The molecule has 0 radical (unpaired) electrons. The summed E-state index contributed by atoms with van der Waals surface area (Å²) in [6, 6.07) is 17.2. The van der Waals surface area contributed by atoms with Gasteiger partial charge in [0.15, 0.2) is 0 Å². The van der Waals surface area contributed by atoms with Crippen LogP contribution < -0.4 is 0 Å². The summed E-state index contributed by atoms with van der Waals surface area (Å²) in [5.74, 6) is -1.89. The summed E-state index contributed by atoms with van der Waals surface area (Å²) in [6.45, 7) is 0. The number of nitrogens with one attached hydrogen (secondary N) is 1. The predicted molar refractivity (Wildman–Crippen MR) is 134 cm³/mol. The zero-order valence-electron chi connectivity index (χ0n) is 18.6. The first-order valence-corrected chi connectivity index (χ1v) is 11.6. The third kappa shape index (κ3) is 4.49. The molecule has 2 N–H and O–H groups in total. The van der Waals surface area contributed by atoms with Crippen LogP contribution in [0.25, 0.3) is 28.1 Å². The van der Waals surface area contributed by atoms with Gasteiger partial charge in [0.2, 0.25) is 5.95 Å². The molecule has 0 amide bonds. The smallest absolute Gasteiger partial charge is 0.328 e. The molecular formula is C28H21ClF2N2O2. The van der Waals surface area contributed by atoms with Gasteiger partial charge in [-0.1, -0.05) is 60.5 Å². The molecular weight excluding hydrogens is 470 g/mol. The number of hydrogen-bond acceptors (Lipinski definition) is 2. The van der Waals surface area contributed by atoms with Crippen molar-refractivity contribution < 1.29 is 18.7 Å². The first kappa shape index (κ1) is 23.0. The number of aromatic amines is 1. The SMILES string of the molecule is O=C(O)/C=C/c1ccc(/C(=C(\c2ccc(F)cc2Cl)C2CCC2)c2cccc3[nH]nc(F)c23)cc1. The quantitative estimate of drug-likeness (QED) is 0.219. The number of rotatable bonds is 6. The van der Waals surface area contributed by atoms with Crippen molar-refractivity contribution in [1.82, 2.24) is 10.2 Å². The summed E-state index contributed by atoms with van der Waals surface area (Å²) < 4.78 is 28.9. The first-order valence-electron chi connectivity index (χ1n) is 11.3. The number of aliphatic carboxylic acids is 1. The summed E-state index contributed by atoms with van der Waals surface area (Å²) in [4.78, 5) is 10.9. The molecule has 1 fully saturated rings. The Kier molecular flexibility index (Phi) is 6.22. The molecule has 1 saturated carbocycles. The van der Waals surface area contributed by atoms with Crippen LogP contribution in [0.15, 0.2) is 66.7 Å². The van der Waals surface area contributed by atoms with Crippen molar-refractivity contribution in [2.45, 2.75) is 19.3 Å². The van der Waals surface area contributed by atoms with Crippen LogP contribution >= 0.6 is 11.6 Å². The van der Waals surface area contributed by atoms with Crippen molar-refractivity contribution in [1.29, 1.82) is 0 Å². The zero-order chi connectivity index (χ0) is 24.5. The summed E-state index contributed by atoms with van der Waals surface area (Å²) in [5.41, 5.74) is 5.19. The van der Waals surface area contributed by atoms with Crippen LogP contribution in [0, 0.1) is 17.7 Å². The maximum Gasteiger partial charge on any atom is 0.328 e. The van der Waals surface area contributed by atoms with Gasteiger partial charge in [0.25, 0.3) is 0 Å². The Hall–Kier alpha value is -3.77. The number of carboxylic acids is 1. The number of aromatic nitrogens is 2. The highest BCUT2D eigenvalue weighted by atomic mass is 35.5. The van der Waals surface area contributed by atoms with E-state index in [1.807, 2.05) is 36.4 Å². The molecule has 0 aliphatic heterocycles. The number of benzene rings is 3. The van der Waals surface area contributed by atoms with E-state index in [1.165, 1.54) is 18.2 Å². The van der Waals surface area contributed by atoms with E-state index in [4.69, 9.17) is 16.7 Å². The van der Waals surface area contributed by atoms with Gasteiger partial charge in [-0.2, -0.15) is 4.39 Å². The minimum absolute atomic E-state index is 0.171. The Morgan fingerprint density at radius 2 is 1.83 bits per heavy atom. The second-order valence-corrected chi connectivity index (χ2v) is 8.98. The summed E-state index contributed by atoms with van der Waals surface area (Å²) >= 11 is 6.56. The van der Waals surface area contributed by atoms with E-state index in [2.05, 4.69) is 10.2 Å². The Morgan fingerprint density at radius 1 is 1.06 bits per heavy atom. The largest absolute Gasteiger partial charge is 0.478 e. The van der Waals surface area contributed by atoms with Gasteiger partial charge in [0, 0.05) is 6.08 Å². The van der Waals surface area contributed by atoms with Gasteiger partial charge in [0.05, 0.1) is 15.9 Å². The Balaban J connectivity index is 1.81. The molecule has 1 aromatic heterocycles. The maximum atomic E-state index is 14.9. The third-order valence-electron chi connectivity index (χ3n) is 6.44. The highest BCUT2D eigenvalue weighted by molar-refractivity contribution is 6.33. The highest BCUT2D eigenvalue weighted by Crippen LogP contribution is 2.47. The molecule has 0 spiro atoms. The second kappa shape index (κ2) is 9.47. The molecule has 0 saturated heterocycles. The number of fused-ring (bicyclic) bond motifs is 1. The number of nitrogens with zero attached hydrogens (tertiary/aromatic N) is 1. The summed E-state index contributed by atoms with van der Waals surface area (Å²) in [7, 11) is 0. The average molecular weight is 491 g/mol.